The smallest absolute Gasteiger partial charge is 0.416 e. The largest absolute Gasteiger partial charge is 0.480 e. The number of alkyl halides is 3. The van der Waals surface area contributed by atoms with Crippen LogP contribution in [0.3, 0.4) is 0 Å². The van der Waals surface area contributed by atoms with Crippen molar-refractivity contribution >= 4 is 29.3 Å². The Morgan fingerprint density at radius 1 is 1.12 bits per heavy atom. The van der Waals surface area contributed by atoms with Crippen LogP contribution >= 0.6 is 11.8 Å². The van der Waals surface area contributed by atoms with Crippen molar-refractivity contribution in [3.63, 3.8) is 0 Å². The van der Waals surface area contributed by atoms with Crippen molar-refractivity contribution in [1.29, 1.82) is 0 Å². The Hall–Kier alpha value is -3.27. The average molecular weight is 462 g/mol. The van der Waals surface area contributed by atoms with Gasteiger partial charge in [-0.2, -0.15) is 13.2 Å². The number of hydrogen-bond donors (Lipinski definition) is 1. The van der Waals surface area contributed by atoms with E-state index in [-0.39, 0.29) is 18.9 Å². The molecular formula is C22H17F3N2O4S. The van der Waals surface area contributed by atoms with Gasteiger partial charge in [0.25, 0.3) is 0 Å². The number of aryl methyl sites for hydroxylation is 1. The molecule has 0 spiro atoms. The predicted octanol–water partition coefficient (Wildman–Crippen LogP) is 5.02. The highest BCUT2D eigenvalue weighted by Crippen LogP contribution is 2.34. The van der Waals surface area contributed by atoms with Crippen LogP contribution in [0.2, 0.25) is 0 Å². The molecule has 4 rings (SSSR count). The van der Waals surface area contributed by atoms with Gasteiger partial charge < -0.3 is 14.5 Å². The molecule has 0 bridgehead atoms. The summed E-state index contributed by atoms with van der Waals surface area (Å²) in [6.07, 6.45) is -3.59. The monoisotopic (exact) mass is 462 g/mol. The molecule has 0 saturated heterocycles. The third-order valence-electron chi connectivity index (χ3n) is 4.99. The van der Waals surface area contributed by atoms with E-state index >= 15 is 0 Å². The van der Waals surface area contributed by atoms with Gasteiger partial charge >= 0.3 is 12.1 Å². The minimum absolute atomic E-state index is 0.210. The molecule has 0 atom stereocenters. The van der Waals surface area contributed by atoms with E-state index in [0.29, 0.717) is 34.9 Å². The van der Waals surface area contributed by atoms with Crippen molar-refractivity contribution < 1.29 is 32.4 Å². The summed E-state index contributed by atoms with van der Waals surface area (Å²) < 4.78 is 43.4. The molecule has 0 aliphatic carbocycles. The fourth-order valence-electron chi connectivity index (χ4n) is 3.43. The number of aliphatic carboxylic acids is 1. The van der Waals surface area contributed by atoms with Crippen molar-refractivity contribution in [1.82, 2.24) is 5.16 Å². The molecular weight excluding hydrogens is 445 g/mol. The van der Waals surface area contributed by atoms with Crippen LogP contribution in [-0.4, -0.2) is 28.7 Å². The predicted molar refractivity (Wildman–Crippen MR) is 111 cm³/mol. The van der Waals surface area contributed by atoms with Crippen LogP contribution in [0.15, 0.2) is 57.9 Å². The number of aromatic nitrogens is 1. The lowest BCUT2D eigenvalue weighted by molar-refractivity contribution is -0.138. The Balaban J connectivity index is 1.43. The zero-order chi connectivity index (χ0) is 22.9. The molecule has 32 heavy (non-hydrogen) atoms. The van der Waals surface area contributed by atoms with Gasteiger partial charge in [0.05, 0.1) is 11.3 Å². The topological polar surface area (TPSA) is 83.6 Å². The molecule has 0 fully saturated rings. The molecule has 1 N–H and O–H groups in total. The maximum Gasteiger partial charge on any atom is 0.416 e. The van der Waals surface area contributed by atoms with E-state index in [4.69, 9.17) is 9.63 Å². The summed E-state index contributed by atoms with van der Waals surface area (Å²) in [5, 5.41) is 13.0. The third kappa shape index (κ3) is 4.80. The number of carbonyl (C=O) groups excluding carboxylic acids is 1. The number of hydrogen-bond acceptors (Lipinski definition) is 5. The van der Waals surface area contributed by atoms with Gasteiger partial charge in [0, 0.05) is 34.4 Å². The summed E-state index contributed by atoms with van der Waals surface area (Å²) in [5.41, 5.74) is 1.91. The van der Waals surface area contributed by atoms with Crippen molar-refractivity contribution in [3.05, 3.63) is 65.4 Å². The number of carboxylic acid groups (broad SMARTS) is 1. The van der Waals surface area contributed by atoms with Crippen molar-refractivity contribution in [2.45, 2.75) is 29.7 Å². The van der Waals surface area contributed by atoms with Gasteiger partial charge in [-0.25, -0.2) is 0 Å². The quantitative estimate of drug-likeness (QED) is 0.518. The lowest BCUT2D eigenvalue weighted by Gasteiger charge is -2.28. The lowest BCUT2D eigenvalue weighted by atomic mass is 10.0. The minimum Gasteiger partial charge on any atom is -0.480 e. The van der Waals surface area contributed by atoms with E-state index in [1.807, 2.05) is 12.1 Å². The highest BCUT2D eigenvalue weighted by atomic mass is 32.2. The van der Waals surface area contributed by atoms with Gasteiger partial charge in [0.15, 0.2) is 5.76 Å². The van der Waals surface area contributed by atoms with Crippen LogP contribution in [0.4, 0.5) is 18.9 Å². The molecule has 10 heteroatoms. The van der Waals surface area contributed by atoms with Gasteiger partial charge in [-0.05, 0) is 42.3 Å². The second-order valence-corrected chi connectivity index (χ2v) is 8.26. The second kappa shape index (κ2) is 8.70. The first-order valence-corrected chi connectivity index (χ1v) is 10.6. The fraction of sp³-hybridized carbons (Fsp3) is 0.227. The number of amides is 1. The average Bonchev–Trinajstić information content (AvgIpc) is 3.22. The van der Waals surface area contributed by atoms with E-state index in [2.05, 4.69) is 5.16 Å². The van der Waals surface area contributed by atoms with E-state index in [1.165, 1.54) is 28.8 Å². The van der Waals surface area contributed by atoms with Crippen molar-refractivity contribution in [2.24, 2.45) is 0 Å². The van der Waals surface area contributed by atoms with Crippen LogP contribution in [0, 0.1) is 0 Å². The highest BCUT2D eigenvalue weighted by Gasteiger charge is 2.30. The maximum absolute atomic E-state index is 12.7. The molecule has 1 aromatic heterocycles. The first-order valence-electron chi connectivity index (χ1n) is 9.62. The molecule has 1 aliphatic rings. The molecule has 2 aromatic carbocycles. The van der Waals surface area contributed by atoms with Crippen LogP contribution in [0.5, 0.6) is 0 Å². The Labute approximate surface area is 185 Å². The molecule has 2 heterocycles. The molecule has 0 saturated carbocycles. The zero-order valence-corrected chi connectivity index (χ0v) is 17.4. The molecule has 166 valence electrons. The van der Waals surface area contributed by atoms with Crippen LogP contribution in [0.25, 0.3) is 11.3 Å². The zero-order valence-electron chi connectivity index (χ0n) is 16.6. The molecule has 6 nitrogen and oxygen atoms in total. The van der Waals surface area contributed by atoms with Gasteiger partial charge in [-0.1, -0.05) is 17.3 Å². The van der Waals surface area contributed by atoms with E-state index in [0.717, 1.165) is 22.6 Å². The number of carboxylic acids is 1. The third-order valence-corrected chi connectivity index (χ3v) is 6.01. The first-order chi connectivity index (χ1) is 15.2. The second-order valence-electron chi connectivity index (χ2n) is 7.21. The summed E-state index contributed by atoms with van der Waals surface area (Å²) >= 11 is 1.49. The van der Waals surface area contributed by atoms with Crippen LogP contribution < -0.4 is 4.90 Å². The van der Waals surface area contributed by atoms with Gasteiger partial charge in [0.2, 0.25) is 5.91 Å². The number of fused-ring (bicyclic) bond motifs is 1. The van der Waals surface area contributed by atoms with Crippen LogP contribution in [-0.2, 0) is 27.9 Å². The number of benzene rings is 2. The number of anilines is 1. The number of nitrogens with zero attached hydrogens (tertiary/aromatic N) is 2. The lowest BCUT2D eigenvalue weighted by Crippen LogP contribution is -2.38. The number of thioether (sulfide) groups is 1. The summed E-state index contributed by atoms with van der Waals surface area (Å²) in [4.78, 5) is 25.3. The summed E-state index contributed by atoms with van der Waals surface area (Å²) in [5.74, 6) is -0.429. The minimum atomic E-state index is -4.39. The maximum atomic E-state index is 12.7. The van der Waals surface area contributed by atoms with E-state index < -0.39 is 17.7 Å². The van der Waals surface area contributed by atoms with E-state index in [9.17, 15) is 22.8 Å². The molecule has 0 radical (unpaired) electrons. The number of carbonyl (C=O) groups is 2. The summed E-state index contributed by atoms with van der Waals surface area (Å²) in [6, 6.07) is 11.8. The van der Waals surface area contributed by atoms with Gasteiger partial charge in [-0.3, -0.25) is 9.59 Å². The normalized spacial score (nSPS) is 13.8. The van der Waals surface area contributed by atoms with Crippen LogP contribution in [0.1, 0.15) is 23.2 Å². The fourth-order valence-corrected chi connectivity index (χ4v) is 4.27. The van der Waals surface area contributed by atoms with Crippen molar-refractivity contribution in [2.75, 3.05) is 11.4 Å². The summed E-state index contributed by atoms with van der Waals surface area (Å²) in [6.45, 7) is -0.371. The molecule has 1 aliphatic heterocycles. The standard InChI is InChI=1S/C22H17F3N2O4S/c23-22(24,25)15-4-1-13(2-5-15)19-10-16(26-31-19)12-32-17-6-7-18-14(9-17)3-8-20(28)27(18)11-21(29)30/h1-2,4-7,9-10H,3,8,11-12H2,(H,29,30). The Morgan fingerprint density at radius 3 is 2.56 bits per heavy atom. The van der Waals surface area contributed by atoms with Gasteiger partial charge in [-0.15, -0.1) is 11.8 Å². The first kappa shape index (κ1) is 21.9. The Kier molecular flexibility index (Phi) is 5.96. The molecule has 3 aromatic rings. The highest BCUT2D eigenvalue weighted by molar-refractivity contribution is 7.98. The number of halogens is 3. The molecule has 1 amide bonds. The van der Waals surface area contributed by atoms with Crippen molar-refractivity contribution in [3.8, 4) is 11.3 Å². The Morgan fingerprint density at radius 2 is 1.88 bits per heavy atom. The Bertz CT molecular complexity index is 1160. The SMILES string of the molecule is O=C(O)CN1C(=O)CCc2cc(SCc3cc(-c4ccc(C(F)(F)F)cc4)on3)ccc21. The van der Waals surface area contributed by atoms with E-state index in [1.54, 1.807) is 12.1 Å². The molecule has 0 unspecified atom stereocenters. The van der Waals surface area contributed by atoms with Gasteiger partial charge in [0.1, 0.15) is 6.54 Å². The number of rotatable bonds is 6. The summed E-state index contributed by atoms with van der Waals surface area (Å²) in [7, 11) is 0.